The molecule has 13 heavy (non-hydrogen) atoms. The second-order valence-electron chi connectivity index (χ2n) is 2.86. The highest BCUT2D eigenvalue weighted by Crippen LogP contribution is 2.19. The van der Waals surface area contributed by atoms with Crippen LogP contribution in [0.4, 0.5) is 5.82 Å². The highest BCUT2D eigenvalue weighted by Gasteiger charge is 2.03. The lowest BCUT2D eigenvalue weighted by molar-refractivity contribution is 1.05. The van der Waals surface area contributed by atoms with E-state index in [0.29, 0.717) is 6.42 Å². The number of hydrogen-bond donors (Lipinski definition) is 0. The molecule has 68 valence electrons. The van der Waals surface area contributed by atoms with Crippen LogP contribution in [0.2, 0.25) is 0 Å². The van der Waals surface area contributed by atoms with Crippen LogP contribution in [0.15, 0.2) is 16.7 Å². The second-order valence-corrected chi connectivity index (χ2v) is 3.72. The number of anilines is 1. The van der Waals surface area contributed by atoms with Crippen molar-refractivity contribution in [3.05, 3.63) is 22.3 Å². The van der Waals surface area contributed by atoms with E-state index in [0.717, 1.165) is 15.9 Å². The van der Waals surface area contributed by atoms with Crippen LogP contribution in [0.5, 0.6) is 0 Å². The molecule has 0 fully saturated rings. The minimum atomic E-state index is 0.407. The third-order valence-corrected chi connectivity index (χ3v) is 2.36. The summed E-state index contributed by atoms with van der Waals surface area (Å²) in [7, 11) is 3.85. The molecule has 0 spiro atoms. The SMILES string of the molecule is CN(C)c1cc(CC#N)c(Br)cn1. The van der Waals surface area contributed by atoms with Gasteiger partial charge in [-0.05, 0) is 27.6 Å². The maximum Gasteiger partial charge on any atom is 0.128 e. The van der Waals surface area contributed by atoms with Crippen molar-refractivity contribution in [1.29, 1.82) is 5.26 Å². The summed E-state index contributed by atoms with van der Waals surface area (Å²) in [6.07, 6.45) is 2.13. The van der Waals surface area contributed by atoms with Gasteiger partial charge < -0.3 is 4.90 Å². The molecule has 1 aromatic heterocycles. The molecule has 1 heterocycles. The van der Waals surface area contributed by atoms with Crippen molar-refractivity contribution in [2.75, 3.05) is 19.0 Å². The van der Waals surface area contributed by atoms with Gasteiger partial charge in [-0.1, -0.05) is 0 Å². The Kier molecular flexibility index (Phi) is 3.26. The molecule has 0 aromatic carbocycles. The monoisotopic (exact) mass is 239 g/mol. The third kappa shape index (κ3) is 2.43. The molecule has 0 saturated heterocycles. The Morgan fingerprint density at radius 2 is 2.31 bits per heavy atom. The van der Waals surface area contributed by atoms with Crippen LogP contribution in [0.25, 0.3) is 0 Å². The van der Waals surface area contributed by atoms with Crippen LogP contribution in [0, 0.1) is 11.3 Å². The fraction of sp³-hybridized carbons (Fsp3) is 0.333. The van der Waals surface area contributed by atoms with Gasteiger partial charge in [0.15, 0.2) is 0 Å². The molecule has 3 nitrogen and oxygen atoms in total. The minimum absolute atomic E-state index is 0.407. The van der Waals surface area contributed by atoms with Gasteiger partial charge in [-0.3, -0.25) is 0 Å². The smallest absolute Gasteiger partial charge is 0.128 e. The van der Waals surface area contributed by atoms with Crippen molar-refractivity contribution < 1.29 is 0 Å². The number of rotatable bonds is 2. The fourth-order valence-electron chi connectivity index (χ4n) is 0.933. The summed E-state index contributed by atoms with van der Waals surface area (Å²) in [6.45, 7) is 0. The maximum absolute atomic E-state index is 8.57. The molecule has 0 N–H and O–H groups in total. The first-order chi connectivity index (χ1) is 6.15. The van der Waals surface area contributed by atoms with Crippen molar-refractivity contribution in [3.8, 4) is 6.07 Å². The van der Waals surface area contributed by atoms with E-state index < -0.39 is 0 Å². The number of pyridine rings is 1. The number of halogens is 1. The Labute approximate surface area is 86.1 Å². The molecule has 1 aromatic rings. The molecule has 0 aliphatic heterocycles. The van der Waals surface area contributed by atoms with Crippen molar-refractivity contribution in [2.24, 2.45) is 0 Å². The van der Waals surface area contributed by atoms with Crippen LogP contribution in [-0.4, -0.2) is 19.1 Å². The molecular weight excluding hydrogens is 230 g/mol. The van der Waals surface area contributed by atoms with Crippen LogP contribution in [0.3, 0.4) is 0 Å². The van der Waals surface area contributed by atoms with Gasteiger partial charge in [-0.15, -0.1) is 0 Å². The largest absolute Gasteiger partial charge is 0.363 e. The lowest BCUT2D eigenvalue weighted by Crippen LogP contribution is -2.10. The summed E-state index contributed by atoms with van der Waals surface area (Å²) in [4.78, 5) is 6.10. The van der Waals surface area contributed by atoms with Crippen LogP contribution in [-0.2, 0) is 6.42 Å². The molecule has 0 atom stereocenters. The zero-order chi connectivity index (χ0) is 9.84. The van der Waals surface area contributed by atoms with Crippen LogP contribution in [0.1, 0.15) is 5.56 Å². The Balaban J connectivity index is 3.05. The van der Waals surface area contributed by atoms with E-state index in [1.54, 1.807) is 6.20 Å². The number of aromatic nitrogens is 1. The summed E-state index contributed by atoms with van der Waals surface area (Å²) < 4.78 is 0.889. The lowest BCUT2D eigenvalue weighted by Gasteiger charge is -2.12. The van der Waals surface area contributed by atoms with E-state index in [1.165, 1.54) is 0 Å². The predicted molar refractivity (Wildman–Crippen MR) is 55.6 cm³/mol. The first-order valence-corrected chi connectivity index (χ1v) is 4.63. The van der Waals surface area contributed by atoms with E-state index in [-0.39, 0.29) is 0 Å². The molecule has 0 radical (unpaired) electrons. The zero-order valence-electron chi connectivity index (χ0n) is 7.58. The predicted octanol–water partition coefficient (Wildman–Crippen LogP) is 1.98. The van der Waals surface area contributed by atoms with E-state index in [9.17, 15) is 0 Å². The standard InChI is InChI=1S/C9H10BrN3/c1-13(2)9-5-7(3-4-11)8(10)6-12-9/h5-6H,3H2,1-2H3. The average molecular weight is 240 g/mol. The normalized spacial score (nSPS) is 9.38. The Morgan fingerprint density at radius 3 is 2.85 bits per heavy atom. The summed E-state index contributed by atoms with van der Waals surface area (Å²) >= 11 is 3.35. The molecule has 0 amide bonds. The van der Waals surface area contributed by atoms with Crippen molar-refractivity contribution >= 4 is 21.7 Å². The zero-order valence-corrected chi connectivity index (χ0v) is 9.17. The molecule has 0 aliphatic carbocycles. The van der Waals surface area contributed by atoms with Gasteiger partial charge in [-0.2, -0.15) is 5.26 Å². The fourth-order valence-corrected chi connectivity index (χ4v) is 1.29. The molecule has 0 aliphatic rings. The average Bonchev–Trinajstić information content (AvgIpc) is 2.08. The number of hydrogen-bond acceptors (Lipinski definition) is 3. The van der Waals surface area contributed by atoms with Crippen molar-refractivity contribution in [3.63, 3.8) is 0 Å². The van der Waals surface area contributed by atoms with E-state index >= 15 is 0 Å². The molecule has 0 bridgehead atoms. The van der Waals surface area contributed by atoms with Gasteiger partial charge in [-0.25, -0.2) is 4.98 Å². The first-order valence-electron chi connectivity index (χ1n) is 3.84. The quantitative estimate of drug-likeness (QED) is 0.793. The van der Waals surface area contributed by atoms with E-state index in [4.69, 9.17) is 5.26 Å². The Bertz CT molecular complexity index is 341. The Morgan fingerprint density at radius 1 is 1.62 bits per heavy atom. The number of nitrogens with zero attached hydrogens (tertiary/aromatic N) is 3. The van der Waals surface area contributed by atoms with Gasteiger partial charge in [0.2, 0.25) is 0 Å². The van der Waals surface area contributed by atoms with E-state index in [1.807, 2.05) is 25.1 Å². The first kappa shape index (κ1) is 10.0. The molecule has 4 heteroatoms. The summed E-state index contributed by atoms with van der Waals surface area (Å²) in [6, 6.07) is 4.02. The Hall–Kier alpha value is -1.08. The lowest BCUT2D eigenvalue weighted by atomic mass is 10.2. The van der Waals surface area contributed by atoms with Gasteiger partial charge in [0.1, 0.15) is 5.82 Å². The van der Waals surface area contributed by atoms with Crippen molar-refractivity contribution in [1.82, 2.24) is 4.98 Å². The topological polar surface area (TPSA) is 39.9 Å². The summed E-state index contributed by atoms with van der Waals surface area (Å²) in [5.74, 6) is 0.869. The van der Waals surface area contributed by atoms with Gasteiger partial charge in [0.25, 0.3) is 0 Å². The number of nitriles is 1. The molecule has 0 unspecified atom stereocenters. The van der Waals surface area contributed by atoms with Crippen LogP contribution < -0.4 is 4.90 Å². The minimum Gasteiger partial charge on any atom is -0.363 e. The highest BCUT2D eigenvalue weighted by molar-refractivity contribution is 9.10. The van der Waals surface area contributed by atoms with E-state index in [2.05, 4.69) is 27.0 Å². The highest BCUT2D eigenvalue weighted by atomic mass is 79.9. The molecule has 0 saturated carbocycles. The summed E-state index contributed by atoms with van der Waals surface area (Å²) in [5.41, 5.74) is 0.973. The van der Waals surface area contributed by atoms with Crippen molar-refractivity contribution in [2.45, 2.75) is 6.42 Å². The van der Waals surface area contributed by atoms with Gasteiger partial charge in [0.05, 0.1) is 12.5 Å². The maximum atomic E-state index is 8.57. The molecular formula is C9H10BrN3. The molecule has 1 rings (SSSR count). The summed E-state index contributed by atoms with van der Waals surface area (Å²) in [5, 5.41) is 8.57. The second kappa shape index (κ2) is 4.24. The van der Waals surface area contributed by atoms with Gasteiger partial charge in [0, 0.05) is 24.8 Å². The third-order valence-electron chi connectivity index (χ3n) is 1.65. The van der Waals surface area contributed by atoms with Crippen LogP contribution >= 0.6 is 15.9 Å². The van der Waals surface area contributed by atoms with Gasteiger partial charge >= 0.3 is 0 Å².